The lowest BCUT2D eigenvalue weighted by Crippen LogP contribution is -1.83. The Morgan fingerprint density at radius 1 is 1.33 bits per heavy atom. The van der Waals surface area contributed by atoms with Gasteiger partial charge in [0.05, 0.1) is 5.88 Å². The maximum atomic E-state index is 5.94. The van der Waals surface area contributed by atoms with E-state index in [1.165, 1.54) is 6.39 Å². The Morgan fingerprint density at radius 3 is 2.80 bits per heavy atom. The number of rotatable bonds is 2. The molecule has 15 heavy (non-hydrogen) atoms. The Bertz CT molecular complexity index is 464. The Hall–Kier alpha value is -0.510. The summed E-state index contributed by atoms with van der Waals surface area (Å²) in [6.07, 6.45) is 1.38. The molecule has 0 unspecified atom stereocenters. The van der Waals surface area contributed by atoms with Crippen molar-refractivity contribution in [2.45, 2.75) is 5.88 Å². The van der Waals surface area contributed by atoms with Crippen LogP contribution in [0.5, 0.6) is 0 Å². The van der Waals surface area contributed by atoms with Crippen LogP contribution in [0.15, 0.2) is 33.5 Å². The zero-order chi connectivity index (χ0) is 10.8. The Labute approximate surface area is 105 Å². The molecule has 2 rings (SSSR count). The minimum absolute atomic E-state index is 0.315. The first-order valence-electron chi connectivity index (χ1n) is 4.15. The van der Waals surface area contributed by atoms with Gasteiger partial charge >= 0.3 is 0 Å². The number of oxazole rings is 1. The van der Waals surface area contributed by atoms with Crippen molar-refractivity contribution in [1.82, 2.24) is 4.98 Å². The molecule has 0 saturated carbocycles. The number of halogens is 3. The average Bonchev–Trinajstić information content (AvgIpc) is 2.63. The predicted molar refractivity (Wildman–Crippen MR) is 64.2 cm³/mol. The highest BCUT2D eigenvalue weighted by Crippen LogP contribution is 2.29. The van der Waals surface area contributed by atoms with Gasteiger partial charge in [-0.15, -0.1) is 11.6 Å². The average molecular weight is 307 g/mol. The Balaban J connectivity index is 2.53. The van der Waals surface area contributed by atoms with E-state index in [1.807, 2.05) is 18.2 Å². The second-order valence-corrected chi connectivity index (χ2v) is 4.54. The summed E-state index contributed by atoms with van der Waals surface area (Å²) in [4.78, 5) is 4.01. The van der Waals surface area contributed by atoms with Gasteiger partial charge in [0.1, 0.15) is 5.69 Å². The summed E-state index contributed by atoms with van der Waals surface area (Å²) < 4.78 is 6.17. The van der Waals surface area contributed by atoms with Gasteiger partial charge in [-0.05, 0) is 18.2 Å². The number of nitrogens with zero attached hydrogens (tertiary/aromatic N) is 1. The second-order valence-electron chi connectivity index (χ2n) is 2.92. The quantitative estimate of drug-likeness (QED) is 0.764. The molecule has 1 aromatic carbocycles. The first-order valence-corrected chi connectivity index (χ1v) is 5.86. The lowest BCUT2D eigenvalue weighted by molar-refractivity contribution is 0.571. The van der Waals surface area contributed by atoms with E-state index in [0.29, 0.717) is 22.4 Å². The van der Waals surface area contributed by atoms with Gasteiger partial charge < -0.3 is 4.42 Å². The van der Waals surface area contributed by atoms with Crippen molar-refractivity contribution in [3.05, 3.63) is 39.8 Å². The SMILES string of the molecule is ClCc1ncoc1-c1cc(Cl)cc(Br)c1. The zero-order valence-electron chi connectivity index (χ0n) is 7.51. The van der Waals surface area contributed by atoms with E-state index in [9.17, 15) is 0 Å². The van der Waals surface area contributed by atoms with Crippen molar-refractivity contribution in [3.63, 3.8) is 0 Å². The highest BCUT2D eigenvalue weighted by molar-refractivity contribution is 9.10. The molecule has 0 amide bonds. The molecule has 2 aromatic rings. The van der Waals surface area contributed by atoms with E-state index in [-0.39, 0.29) is 0 Å². The first-order chi connectivity index (χ1) is 7.20. The molecule has 1 aromatic heterocycles. The van der Waals surface area contributed by atoms with E-state index in [1.54, 1.807) is 0 Å². The summed E-state index contributed by atoms with van der Waals surface area (Å²) in [5, 5.41) is 0.635. The number of alkyl halides is 1. The maximum absolute atomic E-state index is 5.94. The fourth-order valence-electron chi connectivity index (χ4n) is 1.28. The minimum Gasteiger partial charge on any atom is -0.443 e. The molecule has 0 atom stereocenters. The Kier molecular flexibility index (Phi) is 3.34. The van der Waals surface area contributed by atoms with Crippen molar-refractivity contribution in [2.75, 3.05) is 0 Å². The van der Waals surface area contributed by atoms with Crippen molar-refractivity contribution >= 4 is 39.1 Å². The lowest BCUT2D eigenvalue weighted by Gasteiger charge is -2.00. The maximum Gasteiger partial charge on any atom is 0.181 e. The topological polar surface area (TPSA) is 26.0 Å². The summed E-state index contributed by atoms with van der Waals surface area (Å²) >= 11 is 15.0. The number of aromatic nitrogens is 1. The summed E-state index contributed by atoms with van der Waals surface area (Å²) in [6, 6.07) is 5.52. The lowest BCUT2D eigenvalue weighted by atomic mass is 10.1. The van der Waals surface area contributed by atoms with Crippen LogP contribution in [0.2, 0.25) is 5.02 Å². The second kappa shape index (κ2) is 4.56. The van der Waals surface area contributed by atoms with Gasteiger partial charge in [-0.3, -0.25) is 0 Å². The van der Waals surface area contributed by atoms with Gasteiger partial charge in [-0.2, -0.15) is 0 Å². The van der Waals surface area contributed by atoms with E-state index in [2.05, 4.69) is 20.9 Å². The van der Waals surface area contributed by atoms with Crippen LogP contribution in [0.3, 0.4) is 0 Å². The number of hydrogen-bond donors (Lipinski definition) is 0. The largest absolute Gasteiger partial charge is 0.443 e. The zero-order valence-corrected chi connectivity index (χ0v) is 10.6. The standard InChI is InChI=1S/C10H6BrCl2NO/c11-7-1-6(2-8(13)3-7)10-9(4-12)14-5-15-10/h1-3,5H,4H2. The smallest absolute Gasteiger partial charge is 0.181 e. The van der Waals surface area contributed by atoms with Crippen LogP contribution in [0.1, 0.15) is 5.69 Å². The highest BCUT2D eigenvalue weighted by atomic mass is 79.9. The predicted octanol–water partition coefficient (Wildman–Crippen LogP) is 4.50. The summed E-state index contributed by atoms with van der Waals surface area (Å²) in [5.41, 5.74) is 1.58. The van der Waals surface area contributed by atoms with Gasteiger partial charge in [-0.25, -0.2) is 4.98 Å². The van der Waals surface area contributed by atoms with Crippen LogP contribution in [-0.2, 0) is 5.88 Å². The summed E-state index contributed by atoms with van der Waals surface area (Å²) in [5.74, 6) is 0.976. The molecule has 78 valence electrons. The fourth-order valence-corrected chi connectivity index (χ4v) is 2.33. The van der Waals surface area contributed by atoms with Gasteiger partial charge in [0.15, 0.2) is 12.2 Å². The Morgan fingerprint density at radius 2 is 2.13 bits per heavy atom. The molecule has 2 nitrogen and oxygen atoms in total. The van der Waals surface area contributed by atoms with Crippen molar-refractivity contribution in [2.24, 2.45) is 0 Å². The van der Waals surface area contributed by atoms with E-state index in [4.69, 9.17) is 27.6 Å². The van der Waals surface area contributed by atoms with E-state index < -0.39 is 0 Å². The van der Waals surface area contributed by atoms with Crippen molar-refractivity contribution in [3.8, 4) is 11.3 Å². The van der Waals surface area contributed by atoms with E-state index >= 15 is 0 Å². The van der Waals surface area contributed by atoms with Crippen LogP contribution < -0.4 is 0 Å². The minimum atomic E-state index is 0.315. The van der Waals surface area contributed by atoms with Gasteiger partial charge in [0.25, 0.3) is 0 Å². The first kappa shape index (κ1) is 11.0. The molecule has 0 aliphatic carbocycles. The number of hydrogen-bond acceptors (Lipinski definition) is 2. The third-order valence-corrected chi connectivity index (χ3v) is 2.82. The van der Waals surface area contributed by atoms with Crippen molar-refractivity contribution in [1.29, 1.82) is 0 Å². The number of benzene rings is 1. The third-order valence-electron chi connectivity index (χ3n) is 1.89. The molecule has 1 heterocycles. The highest BCUT2D eigenvalue weighted by Gasteiger charge is 2.10. The van der Waals surface area contributed by atoms with Crippen LogP contribution in [-0.4, -0.2) is 4.98 Å². The van der Waals surface area contributed by atoms with Crippen molar-refractivity contribution < 1.29 is 4.42 Å². The van der Waals surface area contributed by atoms with Crippen LogP contribution in [0, 0.1) is 0 Å². The van der Waals surface area contributed by atoms with Gasteiger partial charge in [-0.1, -0.05) is 27.5 Å². The monoisotopic (exact) mass is 305 g/mol. The molecule has 5 heteroatoms. The van der Waals surface area contributed by atoms with Crippen LogP contribution >= 0.6 is 39.1 Å². The summed E-state index contributed by atoms with van der Waals surface area (Å²) in [7, 11) is 0. The molecule has 0 saturated heterocycles. The molecular weight excluding hydrogens is 301 g/mol. The van der Waals surface area contributed by atoms with Crippen LogP contribution in [0.25, 0.3) is 11.3 Å². The molecule has 0 spiro atoms. The molecular formula is C10H6BrCl2NO. The molecule has 0 aliphatic heterocycles. The fraction of sp³-hybridized carbons (Fsp3) is 0.100. The van der Waals surface area contributed by atoms with Gasteiger partial charge in [0.2, 0.25) is 0 Å². The van der Waals surface area contributed by atoms with Gasteiger partial charge in [0, 0.05) is 15.1 Å². The molecule has 0 N–H and O–H groups in total. The van der Waals surface area contributed by atoms with Crippen LogP contribution in [0.4, 0.5) is 0 Å². The molecule has 0 bridgehead atoms. The molecule has 0 radical (unpaired) electrons. The molecule has 0 aliphatic rings. The molecule has 0 fully saturated rings. The summed E-state index contributed by atoms with van der Waals surface area (Å²) in [6.45, 7) is 0. The normalized spacial score (nSPS) is 10.6. The van der Waals surface area contributed by atoms with E-state index in [0.717, 1.165) is 10.0 Å². The third kappa shape index (κ3) is 2.36.